The van der Waals surface area contributed by atoms with Crippen LogP contribution in [0.4, 0.5) is 0 Å². The van der Waals surface area contributed by atoms with E-state index in [1.165, 1.54) is 13.8 Å². The van der Waals surface area contributed by atoms with Crippen LogP contribution >= 0.6 is 0 Å². The van der Waals surface area contributed by atoms with Crippen LogP contribution in [0, 0.1) is 0 Å². The first-order valence-corrected chi connectivity index (χ1v) is 8.08. The number of hydrogen-bond acceptors (Lipinski definition) is 5. The smallest absolute Gasteiger partial charge is 0.348 e. The lowest BCUT2D eigenvalue weighted by molar-refractivity contribution is -0.188. The fourth-order valence-corrected chi connectivity index (χ4v) is 3.05. The number of hydrogen-bond donors (Lipinski definition) is 0. The highest BCUT2D eigenvalue weighted by atomic mass is 16.6. The zero-order chi connectivity index (χ0) is 17.7. The largest absolute Gasteiger partial charge is 0.449 e. The summed E-state index contributed by atoms with van der Waals surface area (Å²) in [4.78, 5) is 24.1. The fraction of sp³-hybridized carbons (Fsp3) is 0.474. The molecule has 0 aliphatic heterocycles. The molecule has 1 saturated carbocycles. The van der Waals surface area contributed by atoms with Crippen LogP contribution in [0.1, 0.15) is 38.7 Å². The van der Waals surface area contributed by atoms with Gasteiger partial charge >= 0.3 is 11.9 Å². The van der Waals surface area contributed by atoms with Gasteiger partial charge in [-0.15, -0.1) is 0 Å². The van der Waals surface area contributed by atoms with Crippen molar-refractivity contribution in [1.82, 2.24) is 0 Å². The van der Waals surface area contributed by atoms with Gasteiger partial charge in [0, 0.05) is 12.7 Å². The van der Waals surface area contributed by atoms with Gasteiger partial charge in [0.05, 0.1) is 0 Å². The normalized spacial score (nSPS) is 24.2. The van der Waals surface area contributed by atoms with Crippen molar-refractivity contribution < 1.29 is 23.8 Å². The molecule has 1 aliphatic carbocycles. The van der Waals surface area contributed by atoms with Gasteiger partial charge in [-0.1, -0.05) is 36.9 Å². The highest BCUT2D eigenvalue weighted by molar-refractivity contribution is 5.89. The Balaban J connectivity index is 2.22. The molecule has 24 heavy (non-hydrogen) atoms. The Morgan fingerprint density at radius 3 is 2.54 bits per heavy atom. The maximum Gasteiger partial charge on any atom is 0.348 e. The molecule has 0 radical (unpaired) electrons. The van der Waals surface area contributed by atoms with Gasteiger partial charge in [-0.25, -0.2) is 9.59 Å². The molecule has 3 atom stereocenters. The number of carbonyl (C=O) groups is 2. The monoisotopic (exact) mass is 332 g/mol. The van der Waals surface area contributed by atoms with Gasteiger partial charge in [0.2, 0.25) is 0 Å². The minimum Gasteiger partial charge on any atom is -0.449 e. The summed E-state index contributed by atoms with van der Waals surface area (Å²) in [7, 11) is 1.62. The maximum atomic E-state index is 12.5. The minimum absolute atomic E-state index is 0.229. The van der Waals surface area contributed by atoms with Gasteiger partial charge in [-0.3, -0.25) is 0 Å². The highest BCUT2D eigenvalue weighted by Crippen LogP contribution is 2.44. The molecule has 1 aliphatic rings. The van der Waals surface area contributed by atoms with E-state index < -0.39 is 23.6 Å². The summed E-state index contributed by atoms with van der Waals surface area (Å²) in [6.07, 6.45) is 1.13. The summed E-state index contributed by atoms with van der Waals surface area (Å²) >= 11 is 0. The first-order chi connectivity index (χ1) is 11.4. The maximum absolute atomic E-state index is 12.5. The zero-order valence-corrected chi connectivity index (χ0v) is 14.4. The second kappa shape index (κ2) is 7.62. The number of rotatable bonds is 6. The Labute approximate surface area is 142 Å². The molecule has 3 unspecified atom stereocenters. The molecular weight excluding hydrogens is 308 g/mol. The molecule has 130 valence electrons. The van der Waals surface area contributed by atoms with Crippen LogP contribution in [0.25, 0.3) is 0 Å². The summed E-state index contributed by atoms with van der Waals surface area (Å²) in [5, 5.41) is 0. The number of esters is 2. The second-order valence-corrected chi connectivity index (χ2v) is 6.12. The third kappa shape index (κ3) is 3.67. The van der Waals surface area contributed by atoms with E-state index in [1.54, 1.807) is 7.11 Å². The number of ether oxygens (including phenoxy) is 3. The van der Waals surface area contributed by atoms with E-state index in [1.807, 2.05) is 30.3 Å². The fourth-order valence-electron chi connectivity index (χ4n) is 3.05. The first-order valence-electron chi connectivity index (χ1n) is 8.08. The molecule has 0 spiro atoms. The van der Waals surface area contributed by atoms with Crippen molar-refractivity contribution in [1.29, 1.82) is 0 Å². The second-order valence-electron chi connectivity index (χ2n) is 6.12. The molecule has 0 heterocycles. The molecular formula is C19H24O5. The van der Waals surface area contributed by atoms with Crippen LogP contribution in [-0.4, -0.2) is 31.3 Å². The van der Waals surface area contributed by atoms with E-state index in [2.05, 4.69) is 6.58 Å². The highest BCUT2D eigenvalue weighted by Gasteiger charge is 2.49. The van der Waals surface area contributed by atoms with Gasteiger partial charge in [-0.2, -0.15) is 0 Å². The molecule has 5 heteroatoms. The Morgan fingerprint density at radius 1 is 1.29 bits per heavy atom. The minimum atomic E-state index is -1.01. The van der Waals surface area contributed by atoms with Crippen molar-refractivity contribution >= 4 is 11.9 Å². The van der Waals surface area contributed by atoms with E-state index in [0.717, 1.165) is 18.4 Å². The Bertz CT molecular complexity index is 609. The van der Waals surface area contributed by atoms with Crippen molar-refractivity contribution in [2.75, 3.05) is 7.11 Å². The summed E-state index contributed by atoms with van der Waals surface area (Å²) < 4.78 is 16.5. The lowest BCUT2D eigenvalue weighted by Crippen LogP contribution is -2.43. The molecule has 1 aromatic rings. The summed E-state index contributed by atoms with van der Waals surface area (Å²) in [6.45, 7) is 6.54. The molecule has 2 rings (SSSR count). The van der Waals surface area contributed by atoms with E-state index in [0.29, 0.717) is 6.42 Å². The van der Waals surface area contributed by atoms with Crippen LogP contribution < -0.4 is 0 Å². The van der Waals surface area contributed by atoms with E-state index >= 15 is 0 Å². The summed E-state index contributed by atoms with van der Waals surface area (Å²) in [6, 6.07) is 9.57. The molecule has 0 N–H and O–H groups in total. The Kier molecular flexibility index (Phi) is 5.78. The molecule has 0 bridgehead atoms. The van der Waals surface area contributed by atoms with Crippen LogP contribution in [0.3, 0.4) is 0 Å². The zero-order valence-electron chi connectivity index (χ0n) is 14.4. The predicted octanol–water partition coefficient (Wildman–Crippen LogP) is 3.13. The van der Waals surface area contributed by atoms with Crippen LogP contribution in [-0.2, 0) is 29.4 Å². The average molecular weight is 332 g/mol. The lowest BCUT2D eigenvalue weighted by atomic mass is 9.89. The van der Waals surface area contributed by atoms with Crippen molar-refractivity contribution in [3.05, 3.63) is 48.0 Å². The van der Waals surface area contributed by atoms with Crippen molar-refractivity contribution in [2.45, 2.75) is 50.9 Å². The average Bonchev–Trinajstić information content (AvgIpc) is 2.99. The third-order valence-electron chi connectivity index (χ3n) is 4.33. The quantitative estimate of drug-likeness (QED) is 0.591. The van der Waals surface area contributed by atoms with Crippen molar-refractivity contribution in [2.24, 2.45) is 0 Å². The molecule has 0 aromatic heterocycles. The summed E-state index contributed by atoms with van der Waals surface area (Å²) in [5.74, 6) is -1.19. The molecule has 5 nitrogen and oxygen atoms in total. The van der Waals surface area contributed by atoms with Gasteiger partial charge in [0.1, 0.15) is 6.10 Å². The van der Waals surface area contributed by atoms with Crippen LogP contribution in [0.5, 0.6) is 0 Å². The van der Waals surface area contributed by atoms with E-state index in [9.17, 15) is 9.59 Å². The van der Waals surface area contributed by atoms with E-state index in [-0.39, 0.29) is 11.7 Å². The third-order valence-corrected chi connectivity index (χ3v) is 4.33. The Morgan fingerprint density at radius 2 is 1.96 bits per heavy atom. The Hall–Kier alpha value is -2.14. The standard InChI is InChI=1S/C19H24O5/c1-13(2)17(20)23-14(3)18(21)24-19(12-8-11-16(19)22-4)15-9-6-5-7-10-15/h5-7,9-10,14,16H,1,8,11-12H2,2-4H3. The topological polar surface area (TPSA) is 61.8 Å². The van der Waals surface area contributed by atoms with Crippen molar-refractivity contribution in [3.8, 4) is 0 Å². The van der Waals surface area contributed by atoms with E-state index in [4.69, 9.17) is 14.2 Å². The first kappa shape index (κ1) is 18.2. The number of carbonyl (C=O) groups excluding carboxylic acids is 2. The molecule has 1 aromatic carbocycles. The van der Waals surface area contributed by atoms with Crippen LogP contribution in [0.15, 0.2) is 42.5 Å². The summed E-state index contributed by atoms with van der Waals surface area (Å²) in [5.41, 5.74) is 0.279. The molecule has 0 amide bonds. The molecule has 0 saturated heterocycles. The van der Waals surface area contributed by atoms with Gasteiger partial charge in [0.25, 0.3) is 0 Å². The number of methoxy groups -OCH3 is 1. The SMILES string of the molecule is C=C(C)C(=O)OC(C)C(=O)OC1(c2ccccc2)CCCC1OC. The van der Waals surface area contributed by atoms with Gasteiger partial charge < -0.3 is 14.2 Å². The molecule has 1 fully saturated rings. The predicted molar refractivity (Wildman–Crippen MR) is 89.2 cm³/mol. The number of benzene rings is 1. The van der Waals surface area contributed by atoms with Gasteiger partial charge in [0.15, 0.2) is 11.7 Å². The lowest BCUT2D eigenvalue weighted by Gasteiger charge is -2.35. The van der Waals surface area contributed by atoms with Crippen molar-refractivity contribution in [3.63, 3.8) is 0 Å². The van der Waals surface area contributed by atoms with Gasteiger partial charge in [-0.05, 0) is 38.7 Å². The van der Waals surface area contributed by atoms with Crippen LogP contribution in [0.2, 0.25) is 0 Å².